The van der Waals surface area contributed by atoms with Crippen molar-refractivity contribution in [3.05, 3.63) is 28.8 Å². The van der Waals surface area contributed by atoms with Gasteiger partial charge < -0.3 is 37.1 Å². The van der Waals surface area contributed by atoms with Crippen LogP contribution in [-0.4, -0.2) is 59.9 Å². The summed E-state index contributed by atoms with van der Waals surface area (Å²) in [5.41, 5.74) is 13.2. The second-order valence-corrected chi connectivity index (χ2v) is 7.94. The van der Waals surface area contributed by atoms with Gasteiger partial charge in [0.1, 0.15) is 17.9 Å². The van der Waals surface area contributed by atoms with Gasteiger partial charge in [0.25, 0.3) is 0 Å². The number of amides is 2. The molecule has 1 aromatic rings. The number of aromatic hydroxyl groups is 1. The van der Waals surface area contributed by atoms with E-state index in [1.165, 1.54) is 5.56 Å². The van der Waals surface area contributed by atoms with Gasteiger partial charge in [-0.25, -0.2) is 4.79 Å². The van der Waals surface area contributed by atoms with Crippen molar-refractivity contribution in [1.82, 2.24) is 10.6 Å². The Morgan fingerprint density at radius 1 is 1.08 bits per heavy atom. The van der Waals surface area contributed by atoms with Gasteiger partial charge in [-0.3, -0.25) is 14.6 Å². The molecule has 36 heavy (non-hydrogen) atoms. The Bertz CT molecular complexity index is 735. The maximum absolute atomic E-state index is 10.7. The number of nitrogens with one attached hydrogen (secondary N) is 2. The van der Waals surface area contributed by atoms with Crippen molar-refractivity contribution in [3.8, 4) is 5.75 Å². The highest BCUT2D eigenvalue weighted by Gasteiger charge is 2.14. The minimum Gasteiger partial charge on any atom is -0.508 e. The average molecular weight is 516 g/mol. The number of phenolic OH excluding ortho intramolecular Hbond substituents is 1. The summed E-state index contributed by atoms with van der Waals surface area (Å²) in [7, 11) is 0. The molecule has 0 saturated carbocycles. The number of phenols is 1. The third-order valence-corrected chi connectivity index (χ3v) is 3.49. The Morgan fingerprint density at radius 3 is 1.81 bits per heavy atom. The molecule has 0 heterocycles. The minimum atomic E-state index is -1.04. The lowest BCUT2D eigenvalue weighted by molar-refractivity contribution is -0.136. The molecule has 0 fully saturated rings. The molecule has 0 atom stereocenters. The summed E-state index contributed by atoms with van der Waals surface area (Å²) in [6, 6.07) is 3.56. The van der Waals surface area contributed by atoms with Gasteiger partial charge >= 0.3 is 12.1 Å². The zero-order chi connectivity index (χ0) is 29.3. The van der Waals surface area contributed by atoms with E-state index in [2.05, 4.69) is 17.2 Å². The van der Waals surface area contributed by atoms with E-state index in [9.17, 15) is 14.4 Å². The van der Waals surface area contributed by atoms with Gasteiger partial charge in [0, 0.05) is 13.1 Å². The van der Waals surface area contributed by atoms with E-state index < -0.39 is 5.97 Å². The largest absolute Gasteiger partial charge is 0.508 e. The van der Waals surface area contributed by atoms with E-state index in [1.807, 2.05) is 67.6 Å². The first-order chi connectivity index (χ1) is 16.6. The number of aliphatic carboxylic acids is 1. The number of carboxylic acid groups (broad SMARTS) is 1. The van der Waals surface area contributed by atoms with Crippen LogP contribution in [0.4, 0.5) is 4.79 Å². The van der Waals surface area contributed by atoms with Gasteiger partial charge in [0.05, 0.1) is 0 Å². The van der Waals surface area contributed by atoms with Crippen LogP contribution in [0.15, 0.2) is 17.1 Å². The van der Waals surface area contributed by atoms with Crippen molar-refractivity contribution in [2.45, 2.75) is 81.3 Å². The first-order valence-corrected chi connectivity index (χ1v) is 11.8. The Labute approximate surface area is 216 Å². The molecule has 0 aliphatic rings. The van der Waals surface area contributed by atoms with E-state index in [1.54, 1.807) is 12.1 Å². The first-order valence-electron chi connectivity index (χ1n) is 11.8. The van der Waals surface area contributed by atoms with Crippen molar-refractivity contribution >= 4 is 24.4 Å². The zero-order valence-corrected chi connectivity index (χ0v) is 23.7. The van der Waals surface area contributed by atoms with Crippen LogP contribution in [0.3, 0.4) is 0 Å². The number of alkyl carbamates (subject to hydrolysis) is 1. The van der Waals surface area contributed by atoms with E-state index in [0.29, 0.717) is 18.7 Å². The van der Waals surface area contributed by atoms with Crippen LogP contribution in [0, 0.1) is 20.8 Å². The number of carbonyl (C=O) groups is 3. The van der Waals surface area contributed by atoms with Crippen LogP contribution < -0.4 is 22.1 Å². The van der Waals surface area contributed by atoms with Crippen molar-refractivity contribution in [2.24, 2.45) is 16.5 Å². The normalized spacial score (nSPS) is 8.94. The molecule has 8 N–H and O–H groups in total. The number of guanidine groups is 1. The number of aliphatic imine (C=N–C) groups is 1. The molecule has 11 heteroatoms. The molecule has 210 valence electrons. The standard InChI is InChI=1S/C9H12O.C7H15NO2.C4H11N3.C3H5NO3.C2H6/c1-6-4-9(10)5-7(2)8(6)3;1-5-8-6(9)10-7(2,3)4;1-2-3-7-4(5)6;5-2-4-1-3(6)7;1-2/h4-5,10H,1-3H3;5H2,1-4H3,(H,8,9);2-3H2,1H3,(H4,5,6,7);2H,1H2,(H,4,5)(H,6,7);1-2H3. The van der Waals surface area contributed by atoms with Crippen LogP contribution in [0.25, 0.3) is 0 Å². The van der Waals surface area contributed by atoms with Crippen LogP contribution in [0.5, 0.6) is 5.75 Å². The lowest BCUT2D eigenvalue weighted by atomic mass is 10.0. The van der Waals surface area contributed by atoms with E-state index in [-0.39, 0.29) is 24.2 Å². The lowest BCUT2D eigenvalue weighted by Gasteiger charge is -2.19. The topological polar surface area (TPSA) is 189 Å². The number of benzene rings is 1. The number of hydrogen-bond acceptors (Lipinski definition) is 6. The van der Waals surface area contributed by atoms with Gasteiger partial charge in [-0.05, 0) is 83.7 Å². The average Bonchev–Trinajstić information content (AvgIpc) is 2.76. The highest BCUT2D eigenvalue weighted by atomic mass is 16.6. The monoisotopic (exact) mass is 515 g/mol. The Kier molecular flexibility index (Phi) is 27.2. The third-order valence-electron chi connectivity index (χ3n) is 3.49. The Balaban J connectivity index is -0.000000188. The van der Waals surface area contributed by atoms with Gasteiger partial charge in [-0.2, -0.15) is 0 Å². The van der Waals surface area contributed by atoms with Crippen LogP contribution >= 0.6 is 0 Å². The molecular weight excluding hydrogens is 466 g/mol. The minimum absolute atomic E-state index is 0.182. The van der Waals surface area contributed by atoms with Gasteiger partial charge in [0.2, 0.25) is 6.41 Å². The zero-order valence-electron chi connectivity index (χ0n) is 23.7. The predicted molar refractivity (Wildman–Crippen MR) is 146 cm³/mol. The number of rotatable bonds is 6. The van der Waals surface area contributed by atoms with Crippen molar-refractivity contribution in [1.29, 1.82) is 0 Å². The van der Waals surface area contributed by atoms with E-state index in [0.717, 1.165) is 24.1 Å². The maximum Gasteiger partial charge on any atom is 0.407 e. The summed E-state index contributed by atoms with van der Waals surface area (Å²) in [4.78, 5) is 33.3. The third kappa shape index (κ3) is 32.7. The summed E-state index contributed by atoms with van der Waals surface area (Å²) < 4.78 is 4.93. The number of aryl methyl sites for hydroxylation is 2. The predicted octanol–water partition coefficient (Wildman–Crippen LogP) is 3.36. The molecule has 0 unspecified atom stereocenters. The second kappa shape index (κ2) is 24.6. The fourth-order valence-corrected chi connectivity index (χ4v) is 1.84. The molecule has 2 amide bonds. The van der Waals surface area contributed by atoms with E-state index in [4.69, 9.17) is 26.4 Å². The summed E-state index contributed by atoms with van der Waals surface area (Å²) in [6.07, 6.45) is 0.987. The highest BCUT2D eigenvalue weighted by Crippen LogP contribution is 2.18. The molecule has 0 saturated heterocycles. The molecule has 11 nitrogen and oxygen atoms in total. The number of nitrogens with two attached hydrogens (primary N) is 2. The first kappa shape index (κ1) is 39.7. The molecule has 1 aromatic carbocycles. The highest BCUT2D eigenvalue weighted by molar-refractivity contribution is 5.75. The molecule has 0 aromatic heterocycles. The van der Waals surface area contributed by atoms with Gasteiger partial charge in [0.15, 0.2) is 5.96 Å². The maximum atomic E-state index is 10.7. The summed E-state index contributed by atoms with van der Waals surface area (Å²) in [5, 5.41) is 21.5. The molecule has 1 rings (SSSR count). The van der Waals surface area contributed by atoms with Gasteiger partial charge in [-0.15, -0.1) is 0 Å². The number of carboxylic acids is 1. The fraction of sp³-hybridized carbons (Fsp3) is 0.600. The van der Waals surface area contributed by atoms with E-state index >= 15 is 0 Å². The molecule has 0 radical (unpaired) electrons. The van der Waals surface area contributed by atoms with Crippen molar-refractivity contribution in [3.63, 3.8) is 0 Å². The summed E-state index contributed by atoms with van der Waals surface area (Å²) in [5.74, 6) is -0.491. The van der Waals surface area contributed by atoms with Gasteiger partial charge in [-0.1, -0.05) is 20.8 Å². The SMILES string of the molecule is CC.CCCN=C(N)N.CCNC(=O)OC(C)(C)C.Cc1cc(O)cc(C)c1C.O=CNCC(=O)O. The quantitative estimate of drug-likeness (QED) is 0.189. The number of nitrogens with zero attached hydrogens (tertiary/aromatic N) is 1. The lowest BCUT2D eigenvalue weighted by Crippen LogP contribution is -2.32. The molecule has 0 bridgehead atoms. The Morgan fingerprint density at radius 2 is 1.56 bits per heavy atom. The molecule has 0 aliphatic heterocycles. The number of ether oxygens (including phenoxy) is 1. The Hall–Kier alpha value is -3.50. The van der Waals surface area contributed by atoms with Crippen LogP contribution in [0.2, 0.25) is 0 Å². The van der Waals surface area contributed by atoms with Crippen molar-refractivity contribution in [2.75, 3.05) is 19.6 Å². The number of hydrogen-bond donors (Lipinski definition) is 6. The second-order valence-electron chi connectivity index (χ2n) is 7.94. The molecular formula is C25H49N5O6. The van der Waals surface area contributed by atoms with Crippen LogP contribution in [0.1, 0.15) is 71.6 Å². The molecule has 0 spiro atoms. The fourth-order valence-electron chi connectivity index (χ4n) is 1.84. The summed E-state index contributed by atoms with van der Waals surface area (Å²) >= 11 is 0. The summed E-state index contributed by atoms with van der Waals surface area (Å²) in [6.45, 7) is 20.5. The smallest absolute Gasteiger partial charge is 0.407 e. The van der Waals surface area contributed by atoms with Crippen LogP contribution in [-0.2, 0) is 14.3 Å². The van der Waals surface area contributed by atoms with Crippen molar-refractivity contribution < 1.29 is 29.3 Å². The molecule has 0 aliphatic carbocycles. The number of carbonyl (C=O) groups excluding carboxylic acids is 2.